The number of carbonyl (C=O) groups excluding carboxylic acids is 3. The molecule has 3 rings (SSSR count). The van der Waals surface area contributed by atoms with Gasteiger partial charge in [-0.15, -0.1) is 0 Å². The summed E-state index contributed by atoms with van der Waals surface area (Å²) in [6.07, 6.45) is 5.35. The molecule has 1 atom stereocenters. The molecule has 1 aliphatic heterocycles. The third-order valence-electron chi connectivity index (χ3n) is 5.70. The van der Waals surface area contributed by atoms with Crippen LogP contribution in [0.15, 0.2) is 24.3 Å². The zero-order chi connectivity index (χ0) is 19.6. The summed E-state index contributed by atoms with van der Waals surface area (Å²) in [6.45, 7) is 5.66. The van der Waals surface area contributed by atoms with E-state index >= 15 is 0 Å². The Morgan fingerprint density at radius 1 is 1.19 bits per heavy atom. The van der Waals surface area contributed by atoms with Crippen LogP contribution in [0.5, 0.6) is 0 Å². The third kappa shape index (κ3) is 3.99. The topological polar surface area (TPSA) is 78.5 Å². The van der Waals surface area contributed by atoms with Crippen molar-refractivity contribution in [1.29, 1.82) is 0 Å². The van der Waals surface area contributed by atoms with E-state index in [1.807, 2.05) is 24.3 Å². The zero-order valence-electron chi connectivity index (χ0n) is 16.4. The number of imide groups is 1. The van der Waals surface area contributed by atoms with Crippen LogP contribution in [-0.2, 0) is 15.1 Å². The minimum Gasteiger partial charge on any atom is -0.352 e. The van der Waals surface area contributed by atoms with E-state index in [0.717, 1.165) is 36.1 Å². The molecule has 1 unspecified atom stereocenters. The van der Waals surface area contributed by atoms with Gasteiger partial charge in [-0.3, -0.25) is 14.5 Å². The van der Waals surface area contributed by atoms with Crippen LogP contribution in [0.3, 0.4) is 0 Å². The average Bonchev–Trinajstić information content (AvgIpc) is 2.86. The Morgan fingerprint density at radius 2 is 1.81 bits per heavy atom. The van der Waals surface area contributed by atoms with Crippen molar-refractivity contribution in [2.24, 2.45) is 0 Å². The largest absolute Gasteiger partial charge is 0.352 e. The molecule has 6 nitrogen and oxygen atoms in total. The zero-order valence-corrected chi connectivity index (χ0v) is 16.4. The monoisotopic (exact) mass is 371 g/mol. The fourth-order valence-electron chi connectivity index (χ4n) is 3.90. The van der Waals surface area contributed by atoms with Gasteiger partial charge in [0.1, 0.15) is 12.1 Å². The van der Waals surface area contributed by atoms with Gasteiger partial charge in [0, 0.05) is 6.04 Å². The summed E-state index contributed by atoms with van der Waals surface area (Å²) in [5, 5.41) is 5.72. The number of urea groups is 1. The molecule has 4 amide bonds. The first-order chi connectivity index (χ1) is 12.8. The molecule has 1 saturated carbocycles. The van der Waals surface area contributed by atoms with Crippen molar-refractivity contribution >= 4 is 17.8 Å². The fraction of sp³-hybridized carbons (Fsp3) is 0.571. The van der Waals surface area contributed by atoms with Gasteiger partial charge in [-0.25, -0.2) is 4.79 Å². The molecule has 2 fully saturated rings. The van der Waals surface area contributed by atoms with Crippen molar-refractivity contribution in [2.45, 2.75) is 70.4 Å². The summed E-state index contributed by atoms with van der Waals surface area (Å²) in [6, 6.07) is 7.33. The van der Waals surface area contributed by atoms with Crippen molar-refractivity contribution in [3.63, 3.8) is 0 Å². The van der Waals surface area contributed by atoms with Crippen LogP contribution in [0, 0.1) is 0 Å². The molecule has 0 aromatic heterocycles. The van der Waals surface area contributed by atoms with Gasteiger partial charge >= 0.3 is 6.03 Å². The van der Waals surface area contributed by atoms with Crippen molar-refractivity contribution in [3.05, 3.63) is 35.4 Å². The van der Waals surface area contributed by atoms with E-state index in [9.17, 15) is 14.4 Å². The van der Waals surface area contributed by atoms with E-state index in [-0.39, 0.29) is 24.4 Å². The lowest BCUT2D eigenvalue weighted by atomic mass is 9.90. The molecular weight excluding hydrogens is 342 g/mol. The molecule has 1 aromatic carbocycles. The molecule has 0 bridgehead atoms. The van der Waals surface area contributed by atoms with E-state index in [4.69, 9.17) is 0 Å². The van der Waals surface area contributed by atoms with Crippen molar-refractivity contribution in [3.8, 4) is 0 Å². The summed E-state index contributed by atoms with van der Waals surface area (Å²) in [5.41, 5.74) is 0.751. The Bertz CT molecular complexity index is 723. The quantitative estimate of drug-likeness (QED) is 0.781. The summed E-state index contributed by atoms with van der Waals surface area (Å²) >= 11 is 0. The Morgan fingerprint density at radius 3 is 2.41 bits per heavy atom. The molecule has 0 spiro atoms. The molecule has 2 aliphatic rings. The van der Waals surface area contributed by atoms with E-state index in [0.29, 0.717) is 5.92 Å². The van der Waals surface area contributed by atoms with Gasteiger partial charge < -0.3 is 10.6 Å². The highest BCUT2D eigenvalue weighted by molar-refractivity contribution is 6.09. The summed E-state index contributed by atoms with van der Waals surface area (Å²) in [5.74, 6) is -0.269. The van der Waals surface area contributed by atoms with Crippen LogP contribution >= 0.6 is 0 Å². The van der Waals surface area contributed by atoms with Gasteiger partial charge in [0.15, 0.2) is 0 Å². The number of hydrogen-bond donors (Lipinski definition) is 2. The van der Waals surface area contributed by atoms with Gasteiger partial charge in [0.05, 0.1) is 0 Å². The highest BCUT2D eigenvalue weighted by atomic mass is 16.2. The fourth-order valence-corrected chi connectivity index (χ4v) is 3.90. The van der Waals surface area contributed by atoms with Crippen LogP contribution in [0.4, 0.5) is 4.79 Å². The van der Waals surface area contributed by atoms with E-state index in [1.165, 1.54) is 12.0 Å². The smallest absolute Gasteiger partial charge is 0.325 e. The SMILES string of the molecule is CC(C)c1ccc(C2(C)NC(=O)N(CC(=O)NC3CCCCC3)C2=O)cc1. The maximum atomic E-state index is 12.9. The molecule has 27 heavy (non-hydrogen) atoms. The van der Waals surface area contributed by atoms with Crippen molar-refractivity contribution in [2.75, 3.05) is 6.54 Å². The lowest BCUT2D eigenvalue weighted by Gasteiger charge is -2.24. The minimum atomic E-state index is -1.14. The maximum Gasteiger partial charge on any atom is 0.325 e. The highest BCUT2D eigenvalue weighted by Crippen LogP contribution is 2.30. The molecule has 0 radical (unpaired) electrons. The van der Waals surface area contributed by atoms with E-state index < -0.39 is 11.6 Å². The van der Waals surface area contributed by atoms with Crippen LogP contribution in [-0.4, -0.2) is 35.3 Å². The molecule has 1 aromatic rings. The van der Waals surface area contributed by atoms with Gasteiger partial charge in [-0.2, -0.15) is 0 Å². The summed E-state index contributed by atoms with van der Waals surface area (Å²) in [4.78, 5) is 38.7. The Labute approximate surface area is 160 Å². The Hall–Kier alpha value is -2.37. The second-order valence-corrected chi connectivity index (χ2v) is 8.13. The van der Waals surface area contributed by atoms with Crippen LogP contribution in [0.2, 0.25) is 0 Å². The maximum absolute atomic E-state index is 12.9. The van der Waals surface area contributed by atoms with Crippen LogP contribution < -0.4 is 10.6 Å². The van der Waals surface area contributed by atoms with Crippen molar-refractivity contribution < 1.29 is 14.4 Å². The molecule has 2 N–H and O–H groups in total. The lowest BCUT2D eigenvalue weighted by Crippen LogP contribution is -2.45. The first kappa shape index (κ1) is 19.4. The predicted octanol–water partition coefficient (Wildman–Crippen LogP) is 3.03. The molecule has 146 valence electrons. The number of nitrogens with zero attached hydrogens (tertiary/aromatic N) is 1. The first-order valence-corrected chi connectivity index (χ1v) is 9.85. The molecule has 1 saturated heterocycles. The molecule has 1 aliphatic carbocycles. The number of amides is 4. The van der Waals surface area contributed by atoms with Gasteiger partial charge in [0.2, 0.25) is 5.91 Å². The standard InChI is InChI=1S/C21H29N3O3/c1-14(2)15-9-11-16(12-10-15)21(3)19(26)24(20(27)23-21)13-18(25)22-17-7-5-4-6-8-17/h9-12,14,17H,4-8,13H2,1-3H3,(H,22,25)(H,23,27). The minimum absolute atomic E-state index is 0.155. The highest BCUT2D eigenvalue weighted by Gasteiger charge is 2.49. The van der Waals surface area contributed by atoms with Gasteiger partial charge in [-0.05, 0) is 36.8 Å². The number of rotatable bonds is 5. The average molecular weight is 371 g/mol. The van der Waals surface area contributed by atoms with Gasteiger partial charge in [-0.1, -0.05) is 57.4 Å². The van der Waals surface area contributed by atoms with E-state index in [1.54, 1.807) is 6.92 Å². The second-order valence-electron chi connectivity index (χ2n) is 8.13. The third-order valence-corrected chi connectivity index (χ3v) is 5.70. The number of carbonyl (C=O) groups is 3. The lowest BCUT2D eigenvalue weighted by molar-refractivity contribution is -0.135. The second kappa shape index (κ2) is 7.71. The van der Waals surface area contributed by atoms with Crippen LogP contribution in [0.1, 0.15) is 69.9 Å². The summed E-state index contributed by atoms with van der Waals surface area (Å²) < 4.78 is 0. The van der Waals surface area contributed by atoms with Gasteiger partial charge in [0.25, 0.3) is 5.91 Å². The number of benzene rings is 1. The van der Waals surface area contributed by atoms with Crippen LogP contribution in [0.25, 0.3) is 0 Å². The van der Waals surface area contributed by atoms with E-state index in [2.05, 4.69) is 24.5 Å². The number of nitrogens with one attached hydrogen (secondary N) is 2. The Kier molecular flexibility index (Phi) is 5.53. The molecular formula is C21H29N3O3. The first-order valence-electron chi connectivity index (χ1n) is 9.85. The predicted molar refractivity (Wildman–Crippen MR) is 103 cm³/mol. The van der Waals surface area contributed by atoms with Crippen molar-refractivity contribution in [1.82, 2.24) is 15.5 Å². The summed E-state index contributed by atoms with van der Waals surface area (Å²) in [7, 11) is 0. The number of hydrogen-bond acceptors (Lipinski definition) is 3. The normalized spacial score (nSPS) is 23.6. The molecule has 1 heterocycles. The Balaban J connectivity index is 1.69. The molecule has 6 heteroatoms.